The first-order valence-electron chi connectivity index (χ1n) is 5.99. The number of H-pyrrole nitrogens is 1. The standard InChI is InChI=1S/C13H14N2O3S/c16-12-7-9-3-1-2-4-11(9)13(12)15-19(17,18)10-5-6-14-8-10/h1-6,8,12-16H,7H2/t12-,13+/m1/s1. The minimum absolute atomic E-state index is 0.170. The zero-order chi connectivity index (χ0) is 13.5. The smallest absolute Gasteiger partial charge is 0.242 e. The maximum atomic E-state index is 12.2. The molecular formula is C13H14N2O3S. The molecule has 3 rings (SSSR count). The molecule has 1 aliphatic rings. The Bertz CT molecular complexity index is 680. The van der Waals surface area contributed by atoms with Gasteiger partial charge in [0, 0.05) is 18.8 Å². The van der Waals surface area contributed by atoms with E-state index in [9.17, 15) is 13.5 Å². The van der Waals surface area contributed by atoms with Crippen LogP contribution in [-0.4, -0.2) is 24.6 Å². The third kappa shape index (κ3) is 2.18. The number of benzene rings is 1. The fourth-order valence-electron chi connectivity index (χ4n) is 2.43. The summed E-state index contributed by atoms with van der Waals surface area (Å²) in [6, 6.07) is 8.37. The number of rotatable bonds is 3. The van der Waals surface area contributed by atoms with E-state index in [-0.39, 0.29) is 4.90 Å². The molecule has 2 aromatic rings. The highest BCUT2D eigenvalue weighted by molar-refractivity contribution is 7.89. The fraction of sp³-hybridized carbons (Fsp3) is 0.231. The van der Waals surface area contributed by atoms with E-state index in [0.29, 0.717) is 6.42 Å². The first-order chi connectivity index (χ1) is 9.08. The molecule has 1 aromatic heterocycles. The van der Waals surface area contributed by atoms with Crippen LogP contribution in [0.1, 0.15) is 17.2 Å². The topological polar surface area (TPSA) is 82.2 Å². The van der Waals surface area contributed by atoms with Gasteiger partial charge in [0.15, 0.2) is 0 Å². The Kier molecular flexibility index (Phi) is 2.93. The predicted molar refractivity (Wildman–Crippen MR) is 70.0 cm³/mol. The molecule has 0 fully saturated rings. The van der Waals surface area contributed by atoms with Crippen LogP contribution in [0.4, 0.5) is 0 Å². The van der Waals surface area contributed by atoms with Crippen LogP contribution < -0.4 is 4.72 Å². The molecule has 3 N–H and O–H groups in total. The van der Waals surface area contributed by atoms with Gasteiger partial charge in [0.2, 0.25) is 10.0 Å². The number of aromatic amines is 1. The Balaban J connectivity index is 1.92. The van der Waals surface area contributed by atoms with Gasteiger partial charge in [-0.15, -0.1) is 0 Å². The minimum atomic E-state index is -3.62. The summed E-state index contributed by atoms with van der Waals surface area (Å²) in [5.74, 6) is 0. The van der Waals surface area contributed by atoms with Crippen molar-refractivity contribution in [3.05, 3.63) is 53.9 Å². The van der Waals surface area contributed by atoms with E-state index in [2.05, 4.69) is 9.71 Å². The Morgan fingerprint density at radius 1 is 1.26 bits per heavy atom. The van der Waals surface area contributed by atoms with Crippen molar-refractivity contribution in [1.82, 2.24) is 9.71 Å². The van der Waals surface area contributed by atoms with Gasteiger partial charge in [0.25, 0.3) is 0 Å². The number of hydrogen-bond acceptors (Lipinski definition) is 3. The molecule has 0 radical (unpaired) electrons. The average Bonchev–Trinajstić information content (AvgIpc) is 2.99. The number of aromatic nitrogens is 1. The fourth-order valence-corrected chi connectivity index (χ4v) is 3.65. The maximum Gasteiger partial charge on any atom is 0.242 e. The summed E-state index contributed by atoms with van der Waals surface area (Å²) in [5.41, 5.74) is 1.82. The summed E-state index contributed by atoms with van der Waals surface area (Å²) in [5, 5.41) is 10.0. The zero-order valence-electron chi connectivity index (χ0n) is 10.1. The summed E-state index contributed by atoms with van der Waals surface area (Å²) in [6.07, 6.45) is 2.70. The largest absolute Gasteiger partial charge is 0.391 e. The second kappa shape index (κ2) is 4.48. The molecule has 0 saturated carbocycles. The maximum absolute atomic E-state index is 12.2. The summed E-state index contributed by atoms with van der Waals surface area (Å²) >= 11 is 0. The highest BCUT2D eigenvalue weighted by atomic mass is 32.2. The van der Waals surface area contributed by atoms with Crippen LogP contribution >= 0.6 is 0 Å². The van der Waals surface area contributed by atoms with Gasteiger partial charge < -0.3 is 10.1 Å². The average molecular weight is 278 g/mol. The lowest BCUT2D eigenvalue weighted by Gasteiger charge is -2.17. The molecular weight excluding hydrogens is 264 g/mol. The Morgan fingerprint density at radius 3 is 2.79 bits per heavy atom. The molecule has 0 bridgehead atoms. The molecule has 19 heavy (non-hydrogen) atoms. The molecule has 0 saturated heterocycles. The molecule has 1 aliphatic carbocycles. The molecule has 0 unspecified atom stereocenters. The first kappa shape index (κ1) is 12.4. The van der Waals surface area contributed by atoms with Gasteiger partial charge in [0.05, 0.1) is 17.0 Å². The number of hydrogen-bond donors (Lipinski definition) is 3. The molecule has 5 nitrogen and oxygen atoms in total. The molecule has 0 aliphatic heterocycles. The number of aliphatic hydroxyl groups excluding tert-OH is 1. The zero-order valence-corrected chi connectivity index (χ0v) is 10.9. The van der Waals surface area contributed by atoms with Crippen LogP contribution in [0.5, 0.6) is 0 Å². The van der Waals surface area contributed by atoms with Gasteiger partial charge in [-0.25, -0.2) is 13.1 Å². The second-order valence-electron chi connectivity index (χ2n) is 4.62. The van der Waals surface area contributed by atoms with Gasteiger partial charge >= 0.3 is 0 Å². The van der Waals surface area contributed by atoms with Crippen molar-refractivity contribution in [2.45, 2.75) is 23.5 Å². The quantitative estimate of drug-likeness (QED) is 0.782. The normalized spacial score (nSPS) is 22.4. The van der Waals surface area contributed by atoms with E-state index in [1.807, 2.05) is 24.3 Å². The molecule has 6 heteroatoms. The van der Waals surface area contributed by atoms with E-state index in [4.69, 9.17) is 0 Å². The molecule has 1 heterocycles. The van der Waals surface area contributed by atoms with Crippen LogP contribution in [-0.2, 0) is 16.4 Å². The van der Waals surface area contributed by atoms with E-state index in [0.717, 1.165) is 11.1 Å². The van der Waals surface area contributed by atoms with E-state index < -0.39 is 22.2 Å². The van der Waals surface area contributed by atoms with Crippen molar-refractivity contribution >= 4 is 10.0 Å². The van der Waals surface area contributed by atoms with Crippen LogP contribution in [0.3, 0.4) is 0 Å². The lowest BCUT2D eigenvalue weighted by molar-refractivity contribution is 0.151. The summed E-state index contributed by atoms with van der Waals surface area (Å²) < 4.78 is 26.9. The first-order valence-corrected chi connectivity index (χ1v) is 7.47. The highest BCUT2D eigenvalue weighted by Gasteiger charge is 2.34. The van der Waals surface area contributed by atoms with Crippen molar-refractivity contribution < 1.29 is 13.5 Å². The van der Waals surface area contributed by atoms with Crippen molar-refractivity contribution in [2.75, 3.05) is 0 Å². The lowest BCUT2D eigenvalue weighted by Crippen LogP contribution is -2.33. The SMILES string of the molecule is O=S(=O)(N[C@H]1c2ccccc2C[C@H]1O)c1cc[nH]c1. The number of fused-ring (bicyclic) bond motifs is 1. The number of nitrogens with one attached hydrogen (secondary N) is 2. The third-order valence-corrected chi connectivity index (χ3v) is 4.80. The Labute approximate surface area is 111 Å². The molecule has 1 aromatic carbocycles. The molecule has 0 amide bonds. The van der Waals surface area contributed by atoms with Gasteiger partial charge in [-0.1, -0.05) is 24.3 Å². The van der Waals surface area contributed by atoms with E-state index in [1.165, 1.54) is 12.3 Å². The summed E-state index contributed by atoms with van der Waals surface area (Å²) in [7, 11) is -3.62. The van der Waals surface area contributed by atoms with Crippen LogP contribution in [0, 0.1) is 0 Å². The molecule has 2 atom stereocenters. The van der Waals surface area contributed by atoms with E-state index >= 15 is 0 Å². The number of aliphatic hydroxyl groups is 1. The Hall–Kier alpha value is -1.63. The highest BCUT2D eigenvalue weighted by Crippen LogP contribution is 2.32. The Morgan fingerprint density at radius 2 is 2.05 bits per heavy atom. The van der Waals surface area contributed by atoms with E-state index in [1.54, 1.807) is 6.20 Å². The minimum Gasteiger partial charge on any atom is -0.391 e. The van der Waals surface area contributed by atoms with Crippen LogP contribution in [0.2, 0.25) is 0 Å². The van der Waals surface area contributed by atoms with Crippen molar-refractivity contribution in [3.63, 3.8) is 0 Å². The van der Waals surface area contributed by atoms with Crippen molar-refractivity contribution in [1.29, 1.82) is 0 Å². The van der Waals surface area contributed by atoms with Gasteiger partial charge in [-0.3, -0.25) is 0 Å². The van der Waals surface area contributed by atoms with Gasteiger partial charge in [-0.2, -0.15) is 0 Å². The predicted octanol–water partition coefficient (Wildman–Crippen LogP) is 0.951. The molecule has 100 valence electrons. The van der Waals surface area contributed by atoms with Crippen molar-refractivity contribution in [2.24, 2.45) is 0 Å². The monoisotopic (exact) mass is 278 g/mol. The van der Waals surface area contributed by atoms with Crippen LogP contribution in [0.15, 0.2) is 47.6 Å². The number of sulfonamides is 1. The summed E-state index contributed by atoms with van der Waals surface area (Å²) in [4.78, 5) is 2.88. The van der Waals surface area contributed by atoms with Crippen LogP contribution in [0.25, 0.3) is 0 Å². The second-order valence-corrected chi connectivity index (χ2v) is 6.33. The van der Waals surface area contributed by atoms with Gasteiger partial charge in [-0.05, 0) is 17.2 Å². The van der Waals surface area contributed by atoms with Crippen molar-refractivity contribution in [3.8, 4) is 0 Å². The summed E-state index contributed by atoms with van der Waals surface area (Å²) in [6.45, 7) is 0. The van der Waals surface area contributed by atoms with Gasteiger partial charge in [0.1, 0.15) is 0 Å². The lowest BCUT2D eigenvalue weighted by atomic mass is 10.1. The third-order valence-electron chi connectivity index (χ3n) is 3.37. The molecule has 0 spiro atoms.